The topological polar surface area (TPSA) is 56.3 Å². The molecule has 0 bridgehead atoms. The summed E-state index contributed by atoms with van der Waals surface area (Å²) in [6.07, 6.45) is 3.55. The first-order valence-corrected chi connectivity index (χ1v) is 9.52. The molecule has 0 amide bonds. The Morgan fingerprint density at radius 1 is 1.12 bits per heavy atom. The van der Waals surface area contributed by atoms with Crippen molar-refractivity contribution in [2.24, 2.45) is 0 Å². The number of aromatic nitrogens is 2. The second-order valence-corrected chi connectivity index (χ2v) is 7.13. The average Bonchev–Trinajstić information content (AvgIpc) is 2.65. The van der Waals surface area contributed by atoms with Gasteiger partial charge in [0.2, 0.25) is 5.95 Å². The predicted molar refractivity (Wildman–Crippen MR) is 111 cm³/mol. The average molecular weight is 411 g/mol. The maximum atomic E-state index is 6.14. The molecule has 0 spiro atoms. The SMILES string of the molecule is S=C(NCCN1CCN(c2ncccn2)CC1)Nc1ccc(Cl)cc1Cl. The summed E-state index contributed by atoms with van der Waals surface area (Å²) in [6.45, 7) is 5.48. The number of benzene rings is 1. The van der Waals surface area contributed by atoms with Crippen molar-refractivity contribution in [3.05, 3.63) is 46.7 Å². The van der Waals surface area contributed by atoms with Gasteiger partial charge in [-0.25, -0.2) is 9.97 Å². The number of nitrogens with zero attached hydrogens (tertiary/aromatic N) is 4. The zero-order valence-electron chi connectivity index (χ0n) is 14.2. The van der Waals surface area contributed by atoms with E-state index in [0.29, 0.717) is 15.2 Å². The van der Waals surface area contributed by atoms with Gasteiger partial charge in [0.05, 0.1) is 10.7 Å². The Bertz CT molecular complexity index is 737. The third-order valence-electron chi connectivity index (χ3n) is 4.10. The van der Waals surface area contributed by atoms with E-state index >= 15 is 0 Å². The first-order valence-electron chi connectivity index (χ1n) is 8.36. The molecule has 6 nitrogen and oxygen atoms in total. The van der Waals surface area contributed by atoms with Crippen LogP contribution in [0.5, 0.6) is 0 Å². The van der Waals surface area contributed by atoms with Gasteiger partial charge >= 0.3 is 0 Å². The van der Waals surface area contributed by atoms with Gasteiger partial charge in [-0.2, -0.15) is 0 Å². The zero-order valence-corrected chi connectivity index (χ0v) is 16.5. The summed E-state index contributed by atoms with van der Waals surface area (Å²) in [5.74, 6) is 0.801. The Morgan fingerprint density at radius 2 is 1.85 bits per heavy atom. The van der Waals surface area contributed by atoms with E-state index in [1.54, 1.807) is 24.5 Å². The van der Waals surface area contributed by atoms with Gasteiger partial charge in [0, 0.05) is 56.7 Å². The third kappa shape index (κ3) is 5.41. The number of halogens is 2. The molecule has 1 saturated heterocycles. The van der Waals surface area contributed by atoms with Gasteiger partial charge in [0.25, 0.3) is 0 Å². The monoisotopic (exact) mass is 410 g/mol. The Balaban J connectivity index is 1.37. The fraction of sp³-hybridized carbons (Fsp3) is 0.353. The van der Waals surface area contributed by atoms with Crippen LogP contribution in [-0.4, -0.2) is 59.2 Å². The van der Waals surface area contributed by atoms with Crippen LogP contribution in [0.2, 0.25) is 10.0 Å². The summed E-state index contributed by atoms with van der Waals surface area (Å²) in [5, 5.41) is 7.99. The molecule has 138 valence electrons. The molecule has 9 heteroatoms. The third-order valence-corrected chi connectivity index (χ3v) is 4.89. The molecule has 0 saturated carbocycles. The van der Waals surface area contributed by atoms with E-state index in [4.69, 9.17) is 35.4 Å². The number of nitrogens with one attached hydrogen (secondary N) is 2. The van der Waals surface area contributed by atoms with Crippen molar-refractivity contribution in [3.63, 3.8) is 0 Å². The number of rotatable bonds is 5. The van der Waals surface area contributed by atoms with Gasteiger partial charge in [-0.15, -0.1) is 0 Å². The minimum absolute atomic E-state index is 0.543. The smallest absolute Gasteiger partial charge is 0.225 e. The van der Waals surface area contributed by atoms with Crippen molar-refractivity contribution in [1.82, 2.24) is 20.2 Å². The van der Waals surface area contributed by atoms with Crippen LogP contribution >= 0.6 is 35.4 Å². The molecule has 1 aromatic carbocycles. The lowest BCUT2D eigenvalue weighted by molar-refractivity contribution is 0.260. The molecule has 1 aliphatic heterocycles. The van der Waals surface area contributed by atoms with Crippen LogP contribution in [0.25, 0.3) is 0 Å². The van der Waals surface area contributed by atoms with E-state index in [9.17, 15) is 0 Å². The molecule has 3 rings (SSSR count). The molecule has 0 unspecified atom stereocenters. The van der Waals surface area contributed by atoms with Crippen LogP contribution in [0, 0.1) is 0 Å². The number of piperazine rings is 1. The van der Waals surface area contributed by atoms with Crippen molar-refractivity contribution < 1.29 is 0 Å². The normalized spacial score (nSPS) is 14.9. The molecule has 1 aromatic heterocycles. The van der Waals surface area contributed by atoms with Crippen LogP contribution in [0.4, 0.5) is 11.6 Å². The Kier molecular flexibility index (Phi) is 6.85. The van der Waals surface area contributed by atoms with Gasteiger partial charge in [0.15, 0.2) is 5.11 Å². The first kappa shape index (κ1) is 19.1. The molecule has 1 fully saturated rings. The number of hydrogen-bond acceptors (Lipinski definition) is 5. The van der Waals surface area contributed by atoms with E-state index in [-0.39, 0.29) is 0 Å². The zero-order chi connectivity index (χ0) is 18.4. The quantitative estimate of drug-likeness (QED) is 0.734. The number of hydrogen-bond donors (Lipinski definition) is 2. The summed E-state index contributed by atoms with van der Waals surface area (Å²) in [5.41, 5.74) is 0.741. The van der Waals surface area contributed by atoms with Gasteiger partial charge < -0.3 is 15.5 Å². The van der Waals surface area contributed by atoms with Crippen LogP contribution in [0.3, 0.4) is 0 Å². The molecule has 1 aliphatic rings. The van der Waals surface area contributed by atoms with Gasteiger partial charge in [-0.3, -0.25) is 4.90 Å². The van der Waals surface area contributed by atoms with Crippen molar-refractivity contribution in [3.8, 4) is 0 Å². The van der Waals surface area contributed by atoms with Gasteiger partial charge in [0.1, 0.15) is 0 Å². The second-order valence-electron chi connectivity index (χ2n) is 5.88. The molecule has 0 aliphatic carbocycles. The van der Waals surface area contributed by atoms with Crippen molar-refractivity contribution in [1.29, 1.82) is 0 Å². The highest BCUT2D eigenvalue weighted by Crippen LogP contribution is 2.25. The standard InChI is InChI=1S/C17H20Cl2N6S/c18-13-2-3-15(14(19)12-13)23-17(26)22-6-7-24-8-10-25(11-9-24)16-20-4-1-5-21-16/h1-5,12H,6-11H2,(H2,22,23,26). The number of thiocarbonyl (C=S) groups is 1. The summed E-state index contributed by atoms with van der Waals surface area (Å²) >= 11 is 17.4. The highest BCUT2D eigenvalue weighted by atomic mass is 35.5. The maximum Gasteiger partial charge on any atom is 0.225 e. The minimum Gasteiger partial charge on any atom is -0.361 e. The Hall–Kier alpha value is -1.67. The highest BCUT2D eigenvalue weighted by molar-refractivity contribution is 7.80. The van der Waals surface area contributed by atoms with E-state index in [0.717, 1.165) is 50.9 Å². The van der Waals surface area contributed by atoms with Crippen molar-refractivity contribution >= 4 is 52.2 Å². The Labute approximate surface area is 168 Å². The summed E-state index contributed by atoms with van der Waals surface area (Å²) in [6, 6.07) is 7.10. The molecule has 0 radical (unpaired) electrons. The van der Waals surface area contributed by atoms with Gasteiger partial charge in [-0.05, 0) is 36.5 Å². The molecule has 26 heavy (non-hydrogen) atoms. The van der Waals surface area contributed by atoms with Crippen LogP contribution in [0.15, 0.2) is 36.7 Å². The minimum atomic E-state index is 0.543. The molecule has 2 aromatic rings. The van der Waals surface area contributed by atoms with Crippen LogP contribution < -0.4 is 15.5 Å². The van der Waals surface area contributed by atoms with Crippen LogP contribution in [-0.2, 0) is 0 Å². The molecular formula is C17H20Cl2N6S. The second kappa shape index (κ2) is 9.32. The lowest BCUT2D eigenvalue weighted by Crippen LogP contribution is -2.49. The molecular weight excluding hydrogens is 391 g/mol. The molecule has 2 N–H and O–H groups in total. The highest BCUT2D eigenvalue weighted by Gasteiger charge is 2.18. The fourth-order valence-corrected chi connectivity index (χ4v) is 3.38. The summed E-state index contributed by atoms with van der Waals surface area (Å²) in [7, 11) is 0. The summed E-state index contributed by atoms with van der Waals surface area (Å²) < 4.78 is 0. The van der Waals surface area contributed by atoms with E-state index in [2.05, 4.69) is 30.4 Å². The number of anilines is 2. The van der Waals surface area contributed by atoms with E-state index < -0.39 is 0 Å². The summed E-state index contributed by atoms with van der Waals surface area (Å²) in [4.78, 5) is 13.2. The molecule has 2 heterocycles. The molecule has 0 atom stereocenters. The van der Waals surface area contributed by atoms with E-state index in [1.807, 2.05) is 12.1 Å². The fourth-order valence-electron chi connectivity index (χ4n) is 2.71. The largest absolute Gasteiger partial charge is 0.361 e. The lowest BCUT2D eigenvalue weighted by atomic mass is 10.3. The van der Waals surface area contributed by atoms with Crippen molar-refractivity contribution in [2.45, 2.75) is 0 Å². The Morgan fingerprint density at radius 3 is 2.54 bits per heavy atom. The van der Waals surface area contributed by atoms with Gasteiger partial charge in [-0.1, -0.05) is 23.2 Å². The predicted octanol–water partition coefficient (Wildman–Crippen LogP) is 2.89. The van der Waals surface area contributed by atoms with Crippen molar-refractivity contribution in [2.75, 3.05) is 49.5 Å². The lowest BCUT2D eigenvalue weighted by Gasteiger charge is -2.34. The maximum absolute atomic E-state index is 6.14. The van der Waals surface area contributed by atoms with E-state index in [1.165, 1.54) is 0 Å². The first-order chi connectivity index (χ1) is 12.6. The van der Waals surface area contributed by atoms with Crippen LogP contribution in [0.1, 0.15) is 0 Å².